The van der Waals surface area contributed by atoms with E-state index >= 15 is 0 Å². The molecule has 0 saturated heterocycles. The highest BCUT2D eigenvalue weighted by atomic mass is 79.9. The first-order chi connectivity index (χ1) is 33.0. The van der Waals surface area contributed by atoms with Crippen molar-refractivity contribution in [2.45, 2.75) is 149 Å². The first-order valence-electron chi connectivity index (χ1n) is 24.8. The van der Waals surface area contributed by atoms with Crippen LogP contribution < -0.4 is 9.44 Å². The molecule has 0 saturated carbocycles. The first-order valence-corrected chi connectivity index (χ1v) is 32.3. The van der Waals surface area contributed by atoms with Gasteiger partial charge in [-0.15, -0.1) is 45.3 Å². The Kier molecular flexibility index (Phi) is 25.2. The van der Waals surface area contributed by atoms with Gasteiger partial charge >= 0.3 is 0 Å². The number of unbranched alkanes of at least 4 members (excludes halogenated alkanes) is 18. The molecule has 68 heavy (non-hydrogen) atoms. The van der Waals surface area contributed by atoms with Crippen molar-refractivity contribution >= 4 is 111 Å². The summed E-state index contributed by atoms with van der Waals surface area (Å²) in [7, 11) is -6.62. The number of hydrogen-bond acceptors (Lipinski definition) is 8. The summed E-state index contributed by atoms with van der Waals surface area (Å²) >= 11 is 10.5. The third kappa shape index (κ3) is 20.0. The lowest BCUT2D eigenvalue weighted by atomic mass is 10.1. The van der Waals surface area contributed by atoms with Gasteiger partial charge in [-0.05, 0) is 100 Å². The van der Waals surface area contributed by atoms with Crippen LogP contribution in [0, 0.1) is 6.92 Å². The number of fused-ring (bicyclic) bond motifs is 2. The predicted molar refractivity (Wildman–Crippen MR) is 308 cm³/mol. The smallest absolute Gasteiger partial charge is 0.232 e. The van der Waals surface area contributed by atoms with E-state index in [0.717, 1.165) is 47.0 Å². The zero-order chi connectivity index (χ0) is 48.5. The molecule has 0 aliphatic carbocycles. The summed E-state index contributed by atoms with van der Waals surface area (Å²) in [5, 5.41) is 4.25. The fourth-order valence-corrected chi connectivity index (χ4v) is 15.2. The van der Waals surface area contributed by atoms with Gasteiger partial charge in [0.05, 0.1) is 22.9 Å². The van der Waals surface area contributed by atoms with E-state index in [-0.39, 0.29) is 11.5 Å². The van der Waals surface area contributed by atoms with Gasteiger partial charge in [0.25, 0.3) is 0 Å². The highest BCUT2D eigenvalue weighted by molar-refractivity contribution is 9.10. The van der Waals surface area contributed by atoms with Crippen LogP contribution in [0.4, 0.5) is 11.4 Å². The maximum atomic E-state index is 12.9. The number of nitrogens with one attached hydrogen (secondary N) is 2. The zero-order valence-corrected chi connectivity index (χ0v) is 46.9. The Hall–Kier alpha value is -3.04. The number of halogens is 1. The summed E-state index contributed by atoms with van der Waals surface area (Å²) in [5.74, 6) is 0.377. The van der Waals surface area contributed by atoms with Crippen molar-refractivity contribution < 1.29 is 16.8 Å². The van der Waals surface area contributed by atoms with Crippen LogP contribution in [0.25, 0.3) is 39.7 Å². The Bertz CT molecular complexity index is 2640. The number of benzene rings is 3. The fraction of sp³-hybridized carbons (Fsp3) is 0.455. The number of para-hydroxylation sites is 2. The number of aryl methyl sites for hydroxylation is 1. The second kappa shape index (κ2) is 30.6. The molecule has 7 rings (SSSR count). The van der Waals surface area contributed by atoms with Gasteiger partial charge in [0, 0.05) is 38.6 Å². The third-order valence-corrected chi connectivity index (χ3v) is 19.5. The minimum absolute atomic E-state index is 0.178. The third-order valence-electron chi connectivity index (χ3n) is 11.8. The Balaban J connectivity index is 0.000000234. The van der Waals surface area contributed by atoms with Crippen molar-refractivity contribution in [2.24, 2.45) is 0 Å². The molecule has 3 aromatic carbocycles. The van der Waals surface area contributed by atoms with Crippen LogP contribution in [0.15, 0.2) is 112 Å². The zero-order valence-electron chi connectivity index (χ0n) is 40.4. The molecule has 0 unspecified atom stereocenters. The molecular formula is C55H73BrN2O4S6. The monoisotopic (exact) mass is 1100 g/mol. The molecular weight excluding hydrogens is 1020 g/mol. The standard InChI is InChI=1S/C31H39NO2S3.C18H30BrNO2S.C6H4S2/c1-3-4-5-6-7-8-9-10-11-16-21-37(33,34)32-27-20-15-14-19-26(27)29-23-31-30(36-29)22-28(35-31)25-18-13-12-17-24(25)2;1-2-3-4-5-6-7-8-9-10-13-16-23(21,22)20-18-15-12-11-14-17(18)19;1-3-7-6-2-4-8-5(1)6/h12-15,17-20,22-23,32H,3-11,16,21H2,1-2H3;11-12,14-15,20H,2-10,13,16H2,1H3;1-4H. The maximum Gasteiger partial charge on any atom is 0.232 e. The summed E-state index contributed by atoms with van der Waals surface area (Å²) in [4.78, 5) is 2.37. The molecule has 13 heteroatoms. The van der Waals surface area contributed by atoms with E-state index in [1.54, 1.807) is 51.4 Å². The second-order valence-corrected chi connectivity index (χ2v) is 26.2. The van der Waals surface area contributed by atoms with Crippen molar-refractivity contribution in [2.75, 3.05) is 20.9 Å². The molecule has 0 fully saturated rings. The topological polar surface area (TPSA) is 92.3 Å². The number of rotatable bonds is 28. The van der Waals surface area contributed by atoms with Gasteiger partial charge in [-0.25, -0.2) is 16.8 Å². The summed E-state index contributed by atoms with van der Waals surface area (Å²) in [6.07, 6.45) is 23.9. The lowest BCUT2D eigenvalue weighted by Crippen LogP contribution is -2.17. The molecule has 2 N–H and O–H groups in total. The molecule has 6 nitrogen and oxygen atoms in total. The van der Waals surface area contributed by atoms with Gasteiger partial charge in [-0.3, -0.25) is 9.44 Å². The molecule has 0 bridgehead atoms. The maximum absolute atomic E-state index is 12.9. The summed E-state index contributed by atoms with van der Waals surface area (Å²) in [5.41, 5.74) is 4.78. The number of sulfonamides is 2. The second-order valence-electron chi connectivity index (χ2n) is 17.6. The summed E-state index contributed by atoms with van der Waals surface area (Å²) in [6, 6.07) is 32.3. The van der Waals surface area contributed by atoms with Crippen LogP contribution >= 0.6 is 61.3 Å². The minimum Gasteiger partial charge on any atom is -0.283 e. The van der Waals surface area contributed by atoms with Gasteiger partial charge in [0.2, 0.25) is 20.0 Å². The largest absolute Gasteiger partial charge is 0.283 e. The lowest BCUT2D eigenvalue weighted by molar-refractivity contribution is 0.558. The number of hydrogen-bond donors (Lipinski definition) is 2. The molecule has 0 radical (unpaired) electrons. The van der Waals surface area contributed by atoms with Gasteiger partial charge in [0.1, 0.15) is 0 Å². The van der Waals surface area contributed by atoms with Gasteiger partial charge in [-0.2, -0.15) is 0 Å². The fourth-order valence-electron chi connectivity index (χ4n) is 7.97. The Morgan fingerprint density at radius 3 is 1.29 bits per heavy atom. The van der Waals surface area contributed by atoms with Crippen LogP contribution in [0.2, 0.25) is 0 Å². The van der Waals surface area contributed by atoms with Crippen LogP contribution in [-0.4, -0.2) is 28.3 Å². The first kappa shape index (κ1) is 55.9. The number of anilines is 2. The van der Waals surface area contributed by atoms with Crippen LogP contribution in [0.3, 0.4) is 0 Å². The van der Waals surface area contributed by atoms with Crippen LogP contribution in [-0.2, 0) is 20.0 Å². The van der Waals surface area contributed by atoms with Gasteiger partial charge < -0.3 is 0 Å². The molecule has 0 spiro atoms. The van der Waals surface area contributed by atoms with Gasteiger partial charge in [-0.1, -0.05) is 184 Å². The molecule has 0 aliphatic rings. The van der Waals surface area contributed by atoms with E-state index in [1.165, 1.54) is 125 Å². The molecule has 4 heterocycles. The highest BCUT2D eigenvalue weighted by Crippen LogP contribution is 2.44. The molecule has 370 valence electrons. The van der Waals surface area contributed by atoms with E-state index in [9.17, 15) is 16.8 Å². The average molecular weight is 1100 g/mol. The minimum atomic E-state index is -3.38. The Labute approximate surface area is 433 Å². The van der Waals surface area contributed by atoms with Crippen molar-refractivity contribution in [3.63, 3.8) is 0 Å². The normalized spacial score (nSPS) is 11.6. The van der Waals surface area contributed by atoms with E-state index in [4.69, 9.17) is 0 Å². The predicted octanol–water partition coefficient (Wildman–Crippen LogP) is 19.3. The highest BCUT2D eigenvalue weighted by Gasteiger charge is 2.17. The average Bonchev–Trinajstić information content (AvgIpc) is 4.13. The molecule has 0 amide bonds. The lowest BCUT2D eigenvalue weighted by Gasteiger charge is -2.12. The molecule has 7 aromatic rings. The van der Waals surface area contributed by atoms with Crippen molar-refractivity contribution in [1.82, 2.24) is 0 Å². The summed E-state index contributed by atoms with van der Waals surface area (Å²) < 4.78 is 61.4. The van der Waals surface area contributed by atoms with Crippen molar-refractivity contribution in [3.8, 4) is 20.9 Å². The van der Waals surface area contributed by atoms with Gasteiger partial charge in [0.15, 0.2) is 0 Å². The van der Waals surface area contributed by atoms with E-state index in [0.29, 0.717) is 17.8 Å². The van der Waals surface area contributed by atoms with Crippen molar-refractivity contribution in [1.29, 1.82) is 0 Å². The Morgan fingerprint density at radius 1 is 0.441 bits per heavy atom. The molecule has 0 aliphatic heterocycles. The summed E-state index contributed by atoms with van der Waals surface area (Å²) in [6.45, 7) is 6.63. The van der Waals surface area contributed by atoms with E-state index < -0.39 is 20.0 Å². The van der Waals surface area contributed by atoms with E-state index in [2.05, 4.69) is 105 Å². The van der Waals surface area contributed by atoms with E-state index in [1.807, 2.05) is 42.5 Å². The van der Waals surface area contributed by atoms with Crippen LogP contribution in [0.1, 0.15) is 148 Å². The quantitative estimate of drug-likeness (QED) is 0.0478. The molecule has 0 atom stereocenters. The number of thiophene rings is 4. The Morgan fingerprint density at radius 2 is 0.824 bits per heavy atom. The molecule has 4 aromatic heterocycles. The SMILES string of the molecule is CCCCCCCCCCCCS(=O)(=O)Nc1ccccc1-c1cc2sc(-c3ccccc3C)cc2s1.CCCCCCCCCCCCS(=O)(=O)Nc1ccccc1Br.c1cc2sccc2s1. The van der Waals surface area contributed by atoms with Crippen molar-refractivity contribution in [3.05, 3.63) is 118 Å². The van der Waals surface area contributed by atoms with Crippen LogP contribution in [0.5, 0.6) is 0 Å².